The first-order chi connectivity index (χ1) is 40.6. The fourth-order valence-electron chi connectivity index (χ4n) is 12.2. The maximum Gasteiger partial charge on any atom is 0.410 e. The maximum atomic E-state index is 12.9. The summed E-state index contributed by atoms with van der Waals surface area (Å²) in [5, 5.41) is 77.8. The standard InChI is InChI=1S/C31H55N3O9.C27H49N3O9.C4H6O/c1-17-9-12-20(15-33-14-19-10-11-19)40-27(17)41-24-18(2)13-21(32-7)25(22(24)35)42-28-23(36)26(31(6,38)16-39-28)34(8)29(37)43-30(3,4)5;1-14-9-10-16(12-28)36-23(14)37-20-15(2)11-17(29-7)21(18(20)31)38-24-19(32)22(27(6,34)13-35-24)30(8)25(33)39-26(3,4)5;5-3-4-1-2-4/h12,17-19,21-28,32-33,35-36,38H,9-11,13-16H2,1-8H3;10,14-15,17-24,29,31-32,34H,9,11-13,28H2,1-8H3;3-4H,1-2H2/t17-,18+,21-,22+,23-,24?,25+,26-,27-,28-,31+;14-,15+,17-,18+,19-,20?,21+,22-,23-,24-,27+;/m11./s1. The molecular weight excluding hydrogens is 1130 g/mol. The van der Waals surface area contributed by atoms with Crippen molar-refractivity contribution in [1.29, 1.82) is 0 Å². The first kappa shape index (κ1) is 72.7. The third-order valence-electron chi connectivity index (χ3n) is 17.5. The van der Waals surface area contributed by atoms with Gasteiger partial charge >= 0.3 is 12.2 Å². The van der Waals surface area contributed by atoms with E-state index in [9.17, 15) is 45.0 Å². The van der Waals surface area contributed by atoms with Crippen molar-refractivity contribution in [3.05, 3.63) is 23.7 Å². The van der Waals surface area contributed by atoms with Crippen molar-refractivity contribution in [3.8, 4) is 0 Å². The van der Waals surface area contributed by atoms with Crippen LogP contribution in [0.5, 0.6) is 0 Å². The molecule has 4 saturated carbocycles. The second kappa shape index (κ2) is 30.8. The predicted octanol–water partition coefficient (Wildman–Crippen LogP) is 2.98. The highest BCUT2D eigenvalue weighted by molar-refractivity contribution is 5.69. The van der Waals surface area contributed by atoms with E-state index in [2.05, 4.69) is 29.0 Å². The number of aliphatic hydroxyl groups excluding tert-OH is 4. The third kappa shape index (κ3) is 19.8. The van der Waals surface area contributed by atoms with Gasteiger partial charge in [-0.2, -0.15) is 0 Å². The second-order valence-corrected chi connectivity index (χ2v) is 28.2. The summed E-state index contributed by atoms with van der Waals surface area (Å²) in [4.78, 5) is 37.6. The molecule has 2 saturated heterocycles. The van der Waals surface area contributed by atoms with Crippen molar-refractivity contribution in [2.75, 3.05) is 61.0 Å². The zero-order valence-corrected chi connectivity index (χ0v) is 54.6. The van der Waals surface area contributed by atoms with Crippen LogP contribution in [0.1, 0.15) is 134 Å². The van der Waals surface area contributed by atoms with Crippen LogP contribution in [-0.4, -0.2) is 241 Å². The molecule has 8 aliphatic rings. The number of amides is 2. The lowest BCUT2D eigenvalue weighted by molar-refractivity contribution is -0.313. The zero-order chi connectivity index (χ0) is 64.7. The van der Waals surface area contributed by atoms with Crippen molar-refractivity contribution >= 4 is 18.5 Å². The van der Waals surface area contributed by atoms with Gasteiger partial charge in [-0.15, -0.1) is 0 Å². The number of ether oxygens (including phenoxy) is 10. The summed E-state index contributed by atoms with van der Waals surface area (Å²) in [5.41, 5.74) is 1.08. The van der Waals surface area contributed by atoms with E-state index in [1.165, 1.54) is 50.6 Å². The van der Waals surface area contributed by atoms with Crippen LogP contribution in [0.3, 0.4) is 0 Å². The van der Waals surface area contributed by atoms with Gasteiger partial charge in [0, 0.05) is 43.9 Å². The molecule has 22 atom stereocenters. The van der Waals surface area contributed by atoms with Crippen molar-refractivity contribution in [2.24, 2.45) is 41.2 Å². The lowest BCUT2D eigenvalue weighted by Crippen LogP contribution is -2.68. The molecule has 0 spiro atoms. The van der Waals surface area contributed by atoms with Crippen LogP contribution in [-0.2, 0) is 52.2 Å². The fourth-order valence-corrected chi connectivity index (χ4v) is 12.2. The molecule has 0 aromatic rings. The number of nitrogens with one attached hydrogen (secondary N) is 3. The molecule has 11 N–H and O–H groups in total. The Hall–Kier alpha value is -3.35. The number of rotatable bonds is 18. The molecule has 87 heavy (non-hydrogen) atoms. The summed E-state index contributed by atoms with van der Waals surface area (Å²) < 4.78 is 60.0. The Kier molecular flexibility index (Phi) is 25.8. The minimum Gasteiger partial charge on any atom is -0.468 e. The Bertz CT molecular complexity index is 2260. The lowest BCUT2D eigenvalue weighted by atomic mass is 9.80. The number of nitrogens with two attached hydrogens (primary N) is 1. The van der Waals surface area contributed by atoms with E-state index in [0.29, 0.717) is 31.1 Å². The molecule has 4 aliphatic heterocycles. The van der Waals surface area contributed by atoms with Gasteiger partial charge in [-0.3, -0.25) is 0 Å². The fraction of sp³-hybridized carbons (Fsp3) is 0.887. The van der Waals surface area contributed by atoms with E-state index in [1.54, 1.807) is 55.6 Å². The van der Waals surface area contributed by atoms with Gasteiger partial charge in [0.25, 0.3) is 0 Å². The molecule has 0 radical (unpaired) electrons. The van der Waals surface area contributed by atoms with Gasteiger partial charge in [-0.25, -0.2) is 9.59 Å². The highest BCUT2D eigenvalue weighted by atomic mass is 16.7. The SMILES string of the molecule is CN[C@@H]1C[C@H](C)C(O[C@H]2OC(CN)=CC[C@H]2C)[C@H](O)[C@H]1O[C@H]1OC[C@](C)(O)[C@H](N(C)C(=O)OC(C)(C)C)[C@H]1O.CN[C@@H]1C[C@H](C)C(O[C@H]2OC(CNCC3CC3)=CC[C@H]2C)[C@H](O)[C@H]1O[C@H]1OC[C@](C)(O)[C@H](N(C)C(=O)OC(C)(C)C)[C@H]1O.O=CC1CC1. The van der Waals surface area contributed by atoms with Gasteiger partial charge in [-0.05, 0) is 157 Å². The van der Waals surface area contributed by atoms with Gasteiger partial charge < -0.3 is 114 Å². The van der Waals surface area contributed by atoms with Crippen LogP contribution in [0.2, 0.25) is 0 Å². The number of carbonyl (C=O) groups excluding carboxylic acids is 3. The van der Waals surface area contributed by atoms with E-state index in [1.807, 2.05) is 26.8 Å². The van der Waals surface area contributed by atoms with Gasteiger partial charge in [0.2, 0.25) is 12.6 Å². The van der Waals surface area contributed by atoms with Crippen LogP contribution < -0.4 is 21.7 Å². The minimum absolute atomic E-state index is 0.0190. The van der Waals surface area contributed by atoms with Crippen LogP contribution in [0, 0.1) is 35.5 Å². The smallest absolute Gasteiger partial charge is 0.410 e. The Morgan fingerprint density at radius 2 is 1.02 bits per heavy atom. The number of hydrogen-bond donors (Lipinski definition) is 10. The average Bonchev–Trinajstić information content (AvgIpc) is 1.95. The molecule has 25 nitrogen and oxygen atoms in total. The summed E-state index contributed by atoms with van der Waals surface area (Å²) in [6, 6.07) is -2.73. The Balaban J connectivity index is 0.000000258. The molecule has 8 rings (SSSR count). The zero-order valence-electron chi connectivity index (χ0n) is 54.6. The number of hydrogen-bond acceptors (Lipinski definition) is 23. The molecule has 502 valence electrons. The van der Waals surface area contributed by atoms with Crippen LogP contribution in [0.15, 0.2) is 23.7 Å². The molecule has 2 unspecified atom stereocenters. The molecule has 0 aromatic carbocycles. The highest BCUT2D eigenvalue weighted by Gasteiger charge is 2.56. The van der Waals surface area contributed by atoms with E-state index >= 15 is 0 Å². The molecule has 25 heteroatoms. The van der Waals surface area contributed by atoms with Gasteiger partial charge in [-0.1, -0.05) is 27.7 Å². The van der Waals surface area contributed by atoms with Crippen molar-refractivity contribution in [2.45, 2.75) is 255 Å². The number of carbonyl (C=O) groups is 3. The van der Waals surface area contributed by atoms with E-state index in [0.717, 1.165) is 50.2 Å². The molecular formula is C62H110N6O19. The van der Waals surface area contributed by atoms with Gasteiger partial charge in [0.15, 0.2) is 12.6 Å². The molecule has 4 heterocycles. The Morgan fingerprint density at radius 1 is 0.632 bits per heavy atom. The molecule has 4 aliphatic carbocycles. The largest absolute Gasteiger partial charge is 0.468 e. The average molecular weight is 1240 g/mol. The van der Waals surface area contributed by atoms with Crippen LogP contribution in [0.25, 0.3) is 0 Å². The Morgan fingerprint density at radius 3 is 1.37 bits per heavy atom. The maximum absolute atomic E-state index is 12.9. The van der Waals surface area contributed by atoms with Crippen LogP contribution in [0.4, 0.5) is 9.59 Å². The first-order valence-corrected chi connectivity index (χ1v) is 31.5. The van der Waals surface area contributed by atoms with Crippen LogP contribution >= 0.6 is 0 Å². The summed E-state index contributed by atoms with van der Waals surface area (Å²) in [6.45, 7) is 23.0. The van der Waals surface area contributed by atoms with Crippen molar-refractivity contribution < 1.29 is 92.4 Å². The minimum atomic E-state index is -1.58. The van der Waals surface area contributed by atoms with E-state index in [-0.39, 0.29) is 55.5 Å². The quantitative estimate of drug-likeness (QED) is 0.0882. The molecule has 2 amide bonds. The third-order valence-corrected chi connectivity index (χ3v) is 17.5. The summed E-state index contributed by atoms with van der Waals surface area (Å²) in [5.74, 6) is 2.85. The first-order valence-electron chi connectivity index (χ1n) is 31.5. The number of nitrogens with zero attached hydrogens (tertiary/aromatic N) is 2. The molecule has 0 bridgehead atoms. The monoisotopic (exact) mass is 1240 g/mol. The summed E-state index contributed by atoms with van der Waals surface area (Å²) in [7, 11) is 6.48. The topological polar surface area (TPSA) is 333 Å². The van der Waals surface area contributed by atoms with E-state index in [4.69, 9.17) is 53.1 Å². The summed E-state index contributed by atoms with van der Waals surface area (Å²) >= 11 is 0. The number of allylic oxidation sites excluding steroid dienone is 2. The molecule has 0 aromatic heterocycles. The Labute approximate surface area is 515 Å². The predicted molar refractivity (Wildman–Crippen MR) is 320 cm³/mol. The number of aldehydes is 1. The summed E-state index contributed by atoms with van der Waals surface area (Å²) in [6.07, 6.45) is -0.0432. The number of likely N-dealkylation sites (N-methyl/N-ethyl adjacent to an activating group) is 4. The van der Waals surface area contributed by atoms with Crippen molar-refractivity contribution in [3.63, 3.8) is 0 Å². The lowest BCUT2D eigenvalue weighted by Gasteiger charge is -2.50. The number of aliphatic hydroxyl groups is 6. The normalized spacial score (nSPS) is 39.8. The van der Waals surface area contributed by atoms with E-state index < -0.39 is 121 Å². The van der Waals surface area contributed by atoms with Crippen molar-refractivity contribution in [1.82, 2.24) is 25.8 Å². The van der Waals surface area contributed by atoms with Gasteiger partial charge in [0.05, 0.1) is 50.6 Å². The highest BCUT2D eigenvalue weighted by Crippen LogP contribution is 2.40. The molecule has 6 fully saturated rings. The second-order valence-electron chi connectivity index (χ2n) is 28.2. The van der Waals surface area contributed by atoms with Gasteiger partial charge in [0.1, 0.15) is 76.8 Å².